The number of carboxylic acids is 1. The Morgan fingerprint density at radius 3 is 2.43 bits per heavy atom. The van der Waals surface area contributed by atoms with Crippen LogP contribution in [0.25, 0.3) is 0 Å². The topological polar surface area (TPSA) is 54.4 Å². The SMILES string of the molecule is CC(C(=O)O)c1ccc2c(c1)C(=O)c1ccccc1CC2. The van der Waals surface area contributed by atoms with E-state index in [-0.39, 0.29) is 5.78 Å². The lowest BCUT2D eigenvalue weighted by molar-refractivity contribution is -0.138. The Labute approximate surface area is 123 Å². The summed E-state index contributed by atoms with van der Waals surface area (Å²) in [6.45, 7) is 1.64. The van der Waals surface area contributed by atoms with Gasteiger partial charge in [0.2, 0.25) is 0 Å². The standard InChI is InChI=1S/C18H16O3/c1-11(18(20)21)14-9-8-13-7-6-12-4-2-3-5-15(12)17(19)16(13)10-14/h2-5,8-11H,6-7H2,1H3,(H,20,21). The maximum atomic E-state index is 12.7. The minimum absolute atomic E-state index is 0.00228. The first-order valence-corrected chi connectivity index (χ1v) is 7.06. The van der Waals surface area contributed by atoms with E-state index in [4.69, 9.17) is 5.11 Å². The van der Waals surface area contributed by atoms with Gasteiger partial charge >= 0.3 is 5.97 Å². The Hall–Kier alpha value is -2.42. The van der Waals surface area contributed by atoms with Crippen molar-refractivity contribution < 1.29 is 14.7 Å². The molecule has 106 valence electrons. The smallest absolute Gasteiger partial charge is 0.310 e. The molecule has 0 bridgehead atoms. The van der Waals surface area contributed by atoms with Crippen molar-refractivity contribution in [2.45, 2.75) is 25.7 Å². The van der Waals surface area contributed by atoms with E-state index < -0.39 is 11.9 Å². The van der Waals surface area contributed by atoms with Crippen LogP contribution < -0.4 is 0 Å². The van der Waals surface area contributed by atoms with Crippen molar-refractivity contribution in [2.75, 3.05) is 0 Å². The van der Waals surface area contributed by atoms with Gasteiger partial charge in [0.1, 0.15) is 0 Å². The zero-order valence-corrected chi connectivity index (χ0v) is 11.8. The maximum Gasteiger partial charge on any atom is 0.310 e. The van der Waals surface area contributed by atoms with Crippen molar-refractivity contribution in [3.05, 3.63) is 70.3 Å². The van der Waals surface area contributed by atoms with Crippen molar-refractivity contribution in [1.29, 1.82) is 0 Å². The third kappa shape index (κ3) is 2.35. The highest BCUT2D eigenvalue weighted by atomic mass is 16.4. The molecule has 2 aromatic carbocycles. The predicted octanol–water partition coefficient (Wildman–Crippen LogP) is 3.20. The van der Waals surface area contributed by atoms with E-state index in [0.717, 1.165) is 29.5 Å². The van der Waals surface area contributed by atoms with Gasteiger partial charge in [0.15, 0.2) is 5.78 Å². The second-order valence-electron chi connectivity index (χ2n) is 5.46. The van der Waals surface area contributed by atoms with E-state index in [9.17, 15) is 9.59 Å². The molecule has 0 radical (unpaired) electrons. The van der Waals surface area contributed by atoms with Crippen LogP contribution in [0.5, 0.6) is 0 Å². The molecule has 21 heavy (non-hydrogen) atoms. The molecule has 0 spiro atoms. The molecule has 1 unspecified atom stereocenters. The average molecular weight is 280 g/mol. The summed E-state index contributed by atoms with van der Waals surface area (Å²) in [6, 6.07) is 13.1. The molecule has 0 saturated carbocycles. The molecule has 1 atom stereocenters. The van der Waals surface area contributed by atoms with Gasteiger partial charge in [0.05, 0.1) is 5.92 Å². The molecule has 0 amide bonds. The molecule has 0 saturated heterocycles. The van der Waals surface area contributed by atoms with E-state index in [0.29, 0.717) is 11.1 Å². The zero-order chi connectivity index (χ0) is 15.0. The predicted molar refractivity (Wildman–Crippen MR) is 79.8 cm³/mol. The molecule has 1 N–H and O–H groups in total. The molecule has 0 aromatic heterocycles. The van der Waals surface area contributed by atoms with Crippen molar-refractivity contribution in [3.63, 3.8) is 0 Å². The van der Waals surface area contributed by atoms with Gasteiger partial charge in [-0.2, -0.15) is 0 Å². The first-order chi connectivity index (χ1) is 10.1. The van der Waals surface area contributed by atoms with Crippen LogP contribution in [0.1, 0.15) is 45.5 Å². The van der Waals surface area contributed by atoms with Gasteiger partial charge in [-0.15, -0.1) is 0 Å². The number of benzene rings is 2. The summed E-state index contributed by atoms with van der Waals surface area (Å²) < 4.78 is 0. The molecule has 2 aromatic rings. The Morgan fingerprint density at radius 1 is 1.05 bits per heavy atom. The Kier molecular flexibility index (Phi) is 3.34. The highest BCUT2D eigenvalue weighted by molar-refractivity contribution is 6.11. The lowest BCUT2D eigenvalue weighted by atomic mass is 9.92. The van der Waals surface area contributed by atoms with Gasteiger partial charge in [-0.25, -0.2) is 0 Å². The van der Waals surface area contributed by atoms with Crippen LogP contribution in [-0.2, 0) is 17.6 Å². The molecule has 1 aliphatic carbocycles. The highest BCUT2D eigenvalue weighted by Gasteiger charge is 2.23. The quantitative estimate of drug-likeness (QED) is 0.919. The van der Waals surface area contributed by atoms with Crippen molar-refractivity contribution >= 4 is 11.8 Å². The first-order valence-electron chi connectivity index (χ1n) is 7.06. The largest absolute Gasteiger partial charge is 0.481 e. The fourth-order valence-corrected chi connectivity index (χ4v) is 2.81. The van der Waals surface area contributed by atoms with Gasteiger partial charge < -0.3 is 5.11 Å². The fourth-order valence-electron chi connectivity index (χ4n) is 2.81. The van der Waals surface area contributed by atoms with Gasteiger partial charge in [-0.1, -0.05) is 36.4 Å². The van der Waals surface area contributed by atoms with Gasteiger partial charge in [0.25, 0.3) is 0 Å². The number of rotatable bonds is 2. The number of fused-ring (bicyclic) bond motifs is 2. The third-order valence-electron chi connectivity index (χ3n) is 4.17. The van der Waals surface area contributed by atoms with E-state index in [1.165, 1.54) is 0 Å². The second-order valence-corrected chi connectivity index (χ2v) is 5.46. The number of carboxylic acid groups (broad SMARTS) is 1. The molecule has 1 aliphatic rings. The average Bonchev–Trinajstić information content (AvgIpc) is 2.64. The van der Waals surface area contributed by atoms with Crippen LogP contribution in [-0.4, -0.2) is 16.9 Å². The number of carbonyl (C=O) groups excluding carboxylic acids is 1. The van der Waals surface area contributed by atoms with Crippen LogP contribution in [0.4, 0.5) is 0 Å². The monoisotopic (exact) mass is 280 g/mol. The minimum Gasteiger partial charge on any atom is -0.481 e. The molecule has 0 heterocycles. The Morgan fingerprint density at radius 2 is 1.71 bits per heavy atom. The summed E-state index contributed by atoms with van der Waals surface area (Å²) in [5.41, 5.74) is 4.11. The normalized spacial score (nSPS) is 14.8. The second kappa shape index (κ2) is 5.17. The van der Waals surface area contributed by atoms with E-state index in [1.807, 2.05) is 36.4 Å². The summed E-state index contributed by atoms with van der Waals surface area (Å²) >= 11 is 0. The van der Waals surface area contributed by atoms with E-state index in [1.54, 1.807) is 13.0 Å². The first kappa shape index (κ1) is 13.6. The fraction of sp³-hybridized carbons (Fsp3) is 0.222. The summed E-state index contributed by atoms with van der Waals surface area (Å²) in [7, 11) is 0. The third-order valence-corrected chi connectivity index (χ3v) is 4.17. The summed E-state index contributed by atoms with van der Waals surface area (Å²) in [6.07, 6.45) is 1.64. The number of aryl methyl sites for hydroxylation is 2. The Balaban J connectivity index is 2.11. The molecule has 0 aliphatic heterocycles. The molecular weight excluding hydrogens is 264 g/mol. The highest BCUT2D eigenvalue weighted by Crippen LogP contribution is 2.27. The van der Waals surface area contributed by atoms with Gasteiger partial charge in [-0.05, 0) is 42.5 Å². The molecule has 0 fully saturated rings. The molecular formula is C18H16O3. The number of ketones is 1. The summed E-state index contributed by atoms with van der Waals surface area (Å²) in [5, 5.41) is 9.13. The number of aliphatic carboxylic acids is 1. The number of carbonyl (C=O) groups is 2. The molecule has 3 heteroatoms. The minimum atomic E-state index is -0.878. The Bertz CT molecular complexity index is 731. The number of hydrogen-bond acceptors (Lipinski definition) is 2. The van der Waals surface area contributed by atoms with E-state index in [2.05, 4.69) is 0 Å². The van der Waals surface area contributed by atoms with Crippen LogP contribution in [0.15, 0.2) is 42.5 Å². The van der Waals surface area contributed by atoms with E-state index >= 15 is 0 Å². The molecule has 3 nitrogen and oxygen atoms in total. The van der Waals surface area contributed by atoms with Gasteiger partial charge in [-0.3, -0.25) is 9.59 Å². The lowest BCUT2D eigenvalue weighted by Crippen LogP contribution is -2.10. The van der Waals surface area contributed by atoms with Crippen LogP contribution in [0.3, 0.4) is 0 Å². The van der Waals surface area contributed by atoms with Crippen molar-refractivity contribution in [2.24, 2.45) is 0 Å². The number of hydrogen-bond donors (Lipinski definition) is 1. The summed E-state index contributed by atoms with van der Waals surface area (Å²) in [4.78, 5) is 23.9. The van der Waals surface area contributed by atoms with Crippen LogP contribution in [0, 0.1) is 0 Å². The van der Waals surface area contributed by atoms with Crippen LogP contribution >= 0.6 is 0 Å². The van der Waals surface area contributed by atoms with Crippen LogP contribution in [0.2, 0.25) is 0 Å². The van der Waals surface area contributed by atoms with Crippen molar-refractivity contribution in [3.8, 4) is 0 Å². The lowest BCUT2D eigenvalue weighted by Gasteiger charge is -2.11. The van der Waals surface area contributed by atoms with Gasteiger partial charge in [0, 0.05) is 11.1 Å². The molecule has 3 rings (SSSR count). The summed E-state index contributed by atoms with van der Waals surface area (Å²) in [5.74, 6) is -1.49. The van der Waals surface area contributed by atoms with Crippen molar-refractivity contribution in [1.82, 2.24) is 0 Å². The zero-order valence-electron chi connectivity index (χ0n) is 11.8. The maximum absolute atomic E-state index is 12.7.